The van der Waals surface area contributed by atoms with Gasteiger partial charge in [-0.05, 0) is 43.7 Å². The first-order valence-electron chi connectivity index (χ1n) is 5.56. The Bertz CT molecular complexity index is 260. The van der Waals surface area contributed by atoms with Gasteiger partial charge in [0.1, 0.15) is 0 Å². The van der Waals surface area contributed by atoms with Gasteiger partial charge in [-0.25, -0.2) is 0 Å². The van der Waals surface area contributed by atoms with Crippen molar-refractivity contribution < 1.29 is 0 Å². The van der Waals surface area contributed by atoms with Gasteiger partial charge in [-0.15, -0.1) is 11.8 Å². The third-order valence-electron chi connectivity index (χ3n) is 3.01. The molecule has 1 saturated carbocycles. The summed E-state index contributed by atoms with van der Waals surface area (Å²) >= 11 is 2.07. The molecular formula is C13H18S. The van der Waals surface area contributed by atoms with Crippen LogP contribution in [0.3, 0.4) is 0 Å². The minimum absolute atomic E-state index is 0.869. The van der Waals surface area contributed by atoms with E-state index in [1.54, 1.807) is 0 Å². The van der Waals surface area contributed by atoms with E-state index in [4.69, 9.17) is 0 Å². The molecule has 0 spiro atoms. The van der Waals surface area contributed by atoms with Gasteiger partial charge in [0.15, 0.2) is 0 Å². The van der Waals surface area contributed by atoms with Crippen molar-refractivity contribution in [1.82, 2.24) is 0 Å². The summed E-state index contributed by atoms with van der Waals surface area (Å²) in [6.45, 7) is 2.38. The van der Waals surface area contributed by atoms with Gasteiger partial charge in [0.25, 0.3) is 0 Å². The maximum atomic E-state index is 2.38. The van der Waals surface area contributed by atoms with Crippen LogP contribution in [0.15, 0.2) is 35.2 Å². The second-order valence-electron chi connectivity index (χ2n) is 4.31. The van der Waals surface area contributed by atoms with Gasteiger partial charge in [-0.1, -0.05) is 25.1 Å². The predicted molar refractivity (Wildman–Crippen MR) is 63.7 cm³/mol. The molecule has 0 N–H and O–H groups in total. The van der Waals surface area contributed by atoms with Gasteiger partial charge in [0.05, 0.1) is 0 Å². The fraction of sp³-hybridized carbons (Fsp3) is 0.538. The summed E-state index contributed by atoms with van der Waals surface area (Å²) in [5, 5.41) is 0.869. The zero-order chi connectivity index (χ0) is 9.80. The average Bonchev–Trinajstić information content (AvgIpc) is 2.23. The Labute approximate surface area is 91.1 Å². The highest BCUT2D eigenvalue weighted by Crippen LogP contribution is 2.35. The van der Waals surface area contributed by atoms with Crippen LogP contribution in [0.5, 0.6) is 0 Å². The fourth-order valence-electron chi connectivity index (χ4n) is 2.04. The summed E-state index contributed by atoms with van der Waals surface area (Å²) in [5.41, 5.74) is 0. The third kappa shape index (κ3) is 2.78. The number of hydrogen-bond donors (Lipinski definition) is 0. The van der Waals surface area contributed by atoms with E-state index in [2.05, 4.69) is 49.0 Å². The number of thioether (sulfide) groups is 1. The van der Waals surface area contributed by atoms with E-state index >= 15 is 0 Å². The molecule has 0 radical (unpaired) electrons. The maximum absolute atomic E-state index is 2.38. The topological polar surface area (TPSA) is 0 Å². The standard InChI is InChI=1S/C13H18S/c1-11-7-9-13(10-8-11)14-12-5-3-2-4-6-12/h2-6,11,13H,7-10H2,1H3. The van der Waals surface area contributed by atoms with Crippen LogP contribution in [0, 0.1) is 5.92 Å². The summed E-state index contributed by atoms with van der Waals surface area (Å²) in [6, 6.07) is 10.8. The van der Waals surface area contributed by atoms with Crippen molar-refractivity contribution in [3.05, 3.63) is 30.3 Å². The monoisotopic (exact) mass is 206 g/mol. The molecule has 0 saturated heterocycles. The highest BCUT2D eigenvalue weighted by atomic mass is 32.2. The van der Waals surface area contributed by atoms with Crippen LogP contribution in [-0.4, -0.2) is 5.25 Å². The Balaban J connectivity index is 1.87. The van der Waals surface area contributed by atoms with E-state index in [9.17, 15) is 0 Å². The normalized spacial score (nSPS) is 27.5. The highest BCUT2D eigenvalue weighted by Gasteiger charge is 2.18. The molecule has 0 nitrogen and oxygen atoms in total. The second kappa shape index (κ2) is 4.88. The molecule has 1 heteroatoms. The lowest BCUT2D eigenvalue weighted by Crippen LogP contribution is -2.13. The third-order valence-corrected chi connectivity index (χ3v) is 4.36. The van der Waals surface area contributed by atoms with Gasteiger partial charge in [0.2, 0.25) is 0 Å². The van der Waals surface area contributed by atoms with Crippen molar-refractivity contribution in [3.63, 3.8) is 0 Å². The molecule has 14 heavy (non-hydrogen) atoms. The molecule has 1 aliphatic rings. The van der Waals surface area contributed by atoms with Crippen molar-refractivity contribution in [2.75, 3.05) is 0 Å². The predicted octanol–water partition coefficient (Wildman–Crippen LogP) is 4.36. The van der Waals surface area contributed by atoms with Crippen LogP contribution in [0.25, 0.3) is 0 Å². The zero-order valence-corrected chi connectivity index (χ0v) is 9.59. The van der Waals surface area contributed by atoms with Crippen molar-refractivity contribution >= 4 is 11.8 Å². The molecule has 2 rings (SSSR count). The molecule has 1 fully saturated rings. The van der Waals surface area contributed by atoms with Crippen LogP contribution < -0.4 is 0 Å². The second-order valence-corrected chi connectivity index (χ2v) is 5.69. The zero-order valence-electron chi connectivity index (χ0n) is 8.78. The van der Waals surface area contributed by atoms with Gasteiger partial charge in [-0.2, -0.15) is 0 Å². The van der Waals surface area contributed by atoms with E-state index in [-0.39, 0.29) is 0 Å². The molecule has 0 bridgehead atoms. The van der Waals surface area contributed by atoms with Gasteiger partial charge in [0, 0.05) is 10.1 Å². The Kier molecular flexibility index (Phi) is 3.52. The lowest BCUT2D eigenvalue weighted by Gasteiger charge is -2.25. The van der Waals surface area contributed by atoms with Crippen molar-refractivity contribution in [3.8, 4) is 0 Å². The van der Waals surface area contributed by atoms with Crippen molar-refractivity contribution in [1.29, 1.82) is 0 Å². The first-order chi connectivity index (χ1) is 6.84. The molecule has 0 aliphatic heterocycles. The largest absolute Gasteiger partial charge is 0.123 e. The lowest BCUT2D eigenvalue weighted by atomic mass is 9.91. The smallest absolute Gasteiger partial charge is 0.00946 e. The quantitative estimate of drug-likeness (QED) is 0.693. The summed E-state index contributed by atoms with van der Waals surface area (Å²) in [7, 11) is 0. The minimum atomic E-state index is 0.869. The van der Waals surface area contributed by atoms with Gasteiger partial charge in [-0.3, -0.25) is 0 Å². The van der Waals surface area contributed by atoms with Crippen LogP contribution >= 0.6 is 11.8 Å². The summed E-state index contributed by atoms with van der Waals surface area (Å²) < 4.78 is 0. The fourth-order valence-corrected chi connectivity index (χ4v) is 3.25. The van der Waals surface area contributed by atoms with Crippen LogP contribution in [0.1, 0.15) is 32.6 Å². The van der Waals surface area contributed by atoms with Crippen LogP contribution in [0.2, 0.25) is 0 Å². The Morgan fingerprint density at radius 3 is 2.29 bits per heavy atom. The summed E-state index contributed by atoms with van der Waals surface area (Å²) in [6.07, 6.45) is 5.65. The van der Waals surface area contributed by atoms with Gasteiger partial charge < -0.3 is 0 Å². The first-order valence-corrected chi connectivity index (χ1v) is 6.44. The Morgan fingerprint density at radius 1 is 1.00 bits per heavy atom. The molecule has 1 aliphatic carbocycles. The average molecular weight is 206 g/mol. The molecule has 76 valence electrons. The molecule has 0 unspecified atom stereocenters. The molecule has 0 atom stereocenters. The highest BCUT2D eigenvalue weighted by molar-refractivity contribution is 8.00. The van der Waals surface area contributed by atoms with E-state index in [0.29, 0.717) is 0 Å². The molecule has 1 aromatic carbocycles. The van der Waals surface area contributed by atoms with E-state index < -0.39 is 0 Å². The Hall–Kier alpha value is -0.430. The molecular weight excluding hydrogens is 188 g/mol. The number of benzene rings is 1. The van der Waals surface area contributed by atoms with E-state index in [0.717, 1.165) is 11.2 Å². The van der Waals surface area contributed by atoms with Crippen LogP contribution in [0.4, 0.5) is 0 Å². The minimum Gasteiger partial charge on any atom is -0.123 e. The van der Waals surface area contributed by atoms with E-state index in [1.165, 1.54) is 30.6 Å². The molecule has 0 heterocycles. The summed E-state index contributed by atoms with van der Waals surface area (Å²) in [4.78, 5) is 1.44. The van der Waals surface area contributed by atoms with E-state index in [1.807, 2.05) is 0 Å². The lowest BCUT2D eigenvalue weighted by molar-refractivity contribution is 0.393. The molecule has 0 aromatic heterocycles. The Morgan fingerprint density at radius 2 is 1.64 bits per heavy atom. The number of hydrogen-bond acceptors (Lipinski definition) is 1. The first kappa shape index (κ1) is 10.1. The van der Waals surface area contributed by atoms with Gasteiger partial charge >= 0.3 is 0 Å². The maximum Gasteiger partial charge on any atom is 0.00946 e. The molecule has 0 amide bonds. The summed E-state index contributed by atoms with van der Waals surface area (Å²) in [5.74, 6) is 0.961. The SMILES string of the molecule is CC1CCC(Sc2ccccc2)CC1. The molecule has 1 aromatic rings. The van der Waals surface area contributed by atoms with Crippen LogP contribution in [-0.2, 0) is 0 Å². The van der Waals surface area contributed by atoms with Crippen molar-refractivity contribution in [2.45, 2.75) is 42.8 Å². The number of rotatable bonds is 2. The van der Waals surface area contributed by atoms with Crippen molar-refractivity contribution in [2.24, 2.45) is 5.92 Å².